The fourth-order valence-electron chi connectivity index (χ4n) is 4.77. The Labute approximate surface area is 185 Å². The van der Waals surface area contributed by atoms with Crippen molar-refractivity contribution >= 4 is 34.7 Å². The number of anilines is 1. The minimum Gasteiger partial charge on any atom is -0.477 e. The number of hydrogen-bond donors (Lipinski definition) is 2. The van der Waals surface area contributed by atoms with Gasteiger partial charge in [-0.1, -0.05) is 33.8 Å². The van der Waals surface area contributed by atoms with E-state index in [0.717, 1.165) is 43.0 Å². The fraction of sp³-hybridized carbons (Fsp3) is 0.400. The van der Waals surface area contributed by atoms with E-state index >= 15 is 0 Å². The highest BCUT2D eigenvalue weighted by atomic mass is 16.4. The predicted octanol–water partition coefficient (Wildman–Crippen LogP) is 4.07. The number of carboxylic acids is 2. The predicted molar refractivity (Wildman–Crippen MR) is 122 cm³/mol. The van der Waals surface area contributed by atoms with Gasteiger partial charge in [-0.15, -0.1) is 0 Å². The minimum absolute atomic E-state index is 0.0189. The molecule has 2 aliphatic rings. The fourth-order valence-corrected chi connectivity index (χ4v) is 4.77. The highest BCUT2D eigenvalue weighted by molar-refractivity contribution is 6.12. The number of fused-ring (bicyclic) bond motifs is 2. The Balaban J connectivity index is 1.93. The first-order valence-electron chi connectivity index (χ1n) is 10.7. The third kappa shape index (κ3) is 3.51. The maximum atomic E-state index is 12.8. The molecule has 2 aromatic rings. The molecule has 3 heterocycles. The van der Waals surface area contributed by atoms with Gasteiger partial charge in [-0.3, -0.25) is 0 Å². The summed E-state index contributed by atoms with van der Waals surface area (Å²) in [6.45, 7) is 10.8. The number of hydrogen-bond acceptors (Lipinski definition) is 5. The topological polar surface area (TPSA) is 108 Å². The molecule has 0 radical (unpaired) electrons. The number of benzene rings is 1. The van der Waals surface area contributed by atoms with E-state index in [9.17, 15) is 14.4 Å². The number of rotatable bonds is 4. The van der Waals surface area contributed by atoms with E-state index < -0.39 is 23.1 Å². The van der Waals surface area contributed by atoms with Crippen LogP contribution in [0.5, 0.6) is 0 Å². The zero-order valence-corrected chi connectivity index (χ0v) is 18.7. The Morgan fingerprint density at radius 1 is 1.03 bits per heavy atom. The van der Waals surface area contributed by atoms with E-state index in [2.05, 4.69) is 38.7 Å². The molecule has 1 aromatic carbocycles. The summed E-state index contributed by atoms with van der Waals surface area (Å²) < 4.78 is 5.83. The van der Waals surface area contributed by atoms with Crippen LogP contribution in [0.3, 0.4) is 0 Å². The summed E-state index contributed by atoms with van der Waals surface area (Å²) in [6.07, 6.45) is 5.57. The van der Waals surface area contributed by atoms with E-state index in [1.165, 1.54) is 23.4 Å². The van der Waals surface area contributed by atoms with Gasteiger partial charge in [0.05, 0.1) is 5.56 Å². The molecule has 32 heavy (non-hydrogen) atoms. The Bertz CT molecular complexity index is 1240. The van der Waals surface area contributed by atoms with E-state index in [1.807, 2.05) is 0 Å². The van der Waals surface area contributed by atoms with Crippen molar-refractivity contribution in [3.63, 3.8) is 0 Å². The largest absolute Gasteiger partial charge is 0.477 e. The molecule has 168 valence electrons. The normalized spacial score (nSPS) is 18.4. The summed E-state index contributed by atoms with van der Waals surface area (Å²) in [6, 6.07) is 3.83. The first kappa shape index (κ1) is 21.9. The molecule has 0 aliphatic carbocycles. The molecule has 0 saturated heterocycles. The lowest BCUT2D eigenvalue weighted by atomic mass is 9.69. The van der Waals surface area contributed by atoms with Gasteiger partial charge in [0.25, 0.3) is 0 Å². The first-order chi connectivity index (χ1) is 14.9. The standard InChI is InChI=1S/C25H27NO6/c1-24(2)8-10-26-11-9-25(3,4)18-19(26)17(24)13-15-12-14(23(31)32-20(15)18)6-5-7-16(21(27)28)22(29)30/h5-7,12-13H,8-11H2,1-4H3,(H,27,28)(H,29,30)/b6-5+. The van der Waals surface area contributed by atoms with E-state index in [1.54, 1.807) is 6.07 Å². The lowest BCUT2D eigenvalue weighted by Crippen LogP contribution is -2.44. The first-order valence-corrected chi connectivity index (χ1v) is 10.7. The SMILES string of the molecule is CC1(C)CCN2CCC(C)(C)c3c2c1cc1cc(/C=C/C=C(C(=O)O)C(=O)O)c(=O)oc31. The van der Waals surface area contributed by atoms with Crippen LogP contribution in [0.15, 0.2) is 39.1 Å². The van der Waals surface area contributed by atoms with Crippen LogP contribution in [-0.2, 0) is 20.4 Å². The summed E-state index contributed by atoms with van der Waals surface area (Å²) in [5, 5.41) is 18.7. The minimum atomic E-state index is -1.55. The average molecular weight is 437 g/mol. The van der Waals surface area contributed by atoms with Crippen LogP contribution >= 0.6 is 0 Å². The van der Waals surface area contributed by atoms with E-state index in [-0.39, 0.29) is 16.4 Å². The van der Waals surface area contributed by atoms with E-state index in [4.69, 9.17) is 14.6 Å². The van der Waals surface area contributed by atoms with Gasteiger partial charge in [-0.05, 0) is 53.5 Å². The van der Waals surface area contributed by atoms with Crippen molar-refractivity contribution in [3.05, 3.63) is 57.0 Å². The molecule has 7 nitrogen and oxygen atoms in total. The zero-order chi connectivity index (χ0) is 23.4. The van der Waals surface area contributed by atoms with Gasteiger partial charge in [0.15, 0.2) is 0 Å². The Hall–Kier alpha value is -3.35. The van der Waals surface area contributed by atoms with Gasteiger partial charge in [0, 0.05) is 29.7 Å². The average Bonchev–Trinajstić information content (AvgIpc) is 2.68. The van der Waals surface area contributed by atoms with Crippen LogP contribution in [0.4, 0.5) is 5.69 Å². The van der Waals surface area contributed by atoms with Gasteiger partial charge in [-0.2, -0.15) is 0 Å². The van der Waals surface area contributed by atoms with Gasteiger partial charge in [0.2, 0.25) is 0 Å². The van der Waals surface area contributed by atoms with Crippen LogP contribution < -0.4 is 10.5 Å². The van der Waals surface area contributed by atoms with Crippen molar-refractivity contribution in [2.24, 2.45) is 0 Å². The third-order valence-electron chi connectivity index (χ3n) is 6.76. The second-order valence-electron chi connectivity index (χ2n) is 9.86. The molecular weight excluding hydrogens is 410 g/mol. The van der Waals surface area contributed by atoms with Crippen LogP contribution in [0, 0.1) is 0 Å². The summed E-state index contributed by atoms with van der Waals surface area (Å²) >= 11 is 0. The molecule has 2 aliphatic heterocycles. The van der Waals surface area contributed by atoms with Gasteiger partial charge in [-0.25, -0.2) is 14.4 Å². The lowest BCUT2D eigenvalue weighted by Gasteiger charge is -2.48. The molecule has 1 aromatic heterocycles. The van der Waals surface area contributed by atoms with Crippen LogP contribution in [0.2, 0.25) is 0 Å². The van der Waals surface area contributed by atoms with Crippen molar-refractivity contribution in [2.75, 3.05) is 18.0 Å². The Morgan fingerprint density at radius 3 is 2.28 bits per heavy atom. The van der Waals surface area contributed by atoms with Gasteiger partial charge < -0.3 is 19.5 Å². The number of aliphatic carboxylic acids is 2. The Kier molecular flexibility index (Phi) is 5.03. The van der Waals surface area contributed by atoms with Crippen molar-refractivity contribution in [2.45, 2.75) is 51.4 Å². The zero-order valence-electron chi connectivity index (χ0n) is 18.7. The number of allylic oxidation sites excluding steroid dienone is 2. The number of nitrogens with zero attached hydrogens (tertiary/aromatic N) is 1. The molecular formula is C25H27NO6. The smallest absolute Gasteiger partial charge is 0.343 e. The summed E-state index contributed by atoms with van der Waals surface area (Å²) in [5.41, 5.74) is 2.81. The van der Waals surface area contributed by atoms with Crippen molar-refractivity contribution < 1.29 is 24.2 Å². The summed E-state index contributed by atoms with van der Waals surface area (Å²) in [5.74, 6) is -3.10. The van der Waals surface area contributed by atoms with Crippen LogP contribution in [-0.4, -0.2) is 35.2 Å². The van der Waals surface area contributed by atoms with Crippen molar-refractivity contribution in [1.82, 2.24) is 0 Å². The molecule has 0 bridgehead atoms. The van der Waals surface area contributed by atoms with Crippen molar-refractivity contribution in [3.8, 4) is 0 Å². The molecule has 0 fully saturated rings. The van der Waals surface area contributed by atoms with E-state index in [0.29, 0.717) is 5.58 Å². The second kappa shape index (κ2) is 7.36. The third-order valence-corrected chi connectivity index (χ3v) is 6.76. The quantitative estimate of drug-likeness (QED) is 0.244. The van der Waals surface area contributed by atoms with Gasteiger partial charge >= 0.3 is 17.6 Å². The molecule has 0 unspecified atom stereocenters. The molecule has 4 rings (SSSR count). The molecule has 0 saturated carbocycles. The molecule has 0 spiro atoms. The molecule has 0 amide bonds. The summed E-state index contributed by atoms with van der Waals surface area (Å²) in [4.78, 5) is 37.2. The van der Waals surface area contributed by atoms with Gasteiger partial charge in [0.1, 0.15) is 11.2 Å². The Morgan fingerprint density at radius 2 is 1.66 bits per heavy atom. The second-order valence-corrected chi connectivity index (χ2v) is 9.86. The summed E-state index contributed by atoms with van der Waals surface area (Å²) in [7, 11) is 0. The highest BCUT2D eigenvalue weighted by Crippen LogP contribution is 2.51. The van der Waals surface area contributed by atoms with Crippen LogP contribution in [0.1, 0.15) is 57.2 Å². The molecule has 2 N–H and O–H groups in total. The monoisotopic (exact) mass is 437 g/mol. The number of carbonyl (C=O) groups is 2. The lowest BCUT2D eigenvalue weighted by molar-refractivity contribution is -0.140. The van der Waals surface area contributed by atoms with Crippen molar-refractivity contribution in [1.29, 1.82) is 0 Å². The molecule has 0 atom stereocenters. The number of carboxylic acid groups (broad SMARTS) is 2. The molecule has 7 heteroatoms. The maximum Gasteiger partial charge on any atom is 0.343 e. The van der Waals surface area contributed by atoms with Crippen LogP contribution in [0.25, 0.3) is 17.0 Å². The maximum absolute atomic E-state index is 12.8. The highest BCUT2D eigenvalue weighted by Gasteiger charge is 2.41.